The predicted octanol–water partition coefficient (Wildman–Crippen LogP) is 5.88. The molecule has 13 nitrogen and oxygen atoms in total. The number of carbonyl (C=O) groups is 3. The quantitative estimate of drug-likeness (QED) is 0.0825. The van der Waals surface area contributed by atoms with E-state index in [2.05, 4.69) is 10.5 Å². The van der Waals surface area contributed by atoms with Crippen molar-refractivity contribution in [2.45, 2.75) is 46.3 Å². The summed E-state index contributed by atoms with van der Waals surface area (Å²) >= 11 is 0. The van der Waals surface area contributed by atoms with Gasteiger partial charge in [0, 0.05) is 34.7 Å². The van der Waals surface area contributed by atoms with Crippen LogP contribution in [0.5, 0.6) is 0 Å². The highest BCUT2D eigenvalue weighted by Gasteiger charge is 2.37. The number of hydrogen-bond donors (Lipinski definition) is 5. The zero-order chi connectivity index (χ0) is 39.4. The van der Waals surface area contributed by atoms with Gasteiger partial charge in [-0.1, -0.05) is 54.1 Å². The van der Waals surface area contributed by atoms with Gasteiger partial charge in [-0.2, -0.15) is 10.1 Å². The lowest BCUT2D eigenvalue weighted by Crippen LogP contribution is -2.39. The van der Waals surface area contributed by atoms with Crippen LogP contribution in [0.15, 0.2) is 136 Å². The molecule has 3 aliphatic rings. The van der Waals surface area contributed by atoms with Crippen molar-refractivity contribution in [2.24, 2.45) is 11.0 Å². The maximum Gasteiger partial charge on any atom is 0.339 e. The van der Waals surface area contributed by atoms with Gasteiger partial charge in [0.1, 0.15) is 17.7 Å². The molecule has 3 atom stereocenters. The molecule has 0 radical (unpaired) electrons. The molecular weight excluding hydrogens is 704 g/mol. The minimum atomic E-state index is -1.59. The van der Waals surface area contributed by atoms with Crippen molar-refractivity contribution in [3.63, 3.8) is 0 Å². The summed E-state index contributed by atoms with van der Waals surface area (Å²) in [7, 11) is 0. The van der Waals surface area contributed by atoms with Gasteiger partial charge in [-0.3, -0.25) is 9.80 Å². The fraction of sp³-hybridized carbons (Fsp3) is 0.190. The standard InChI is InChI=1S/C25H26N4O6.C17H14O3/c1-14-20(22(30)28(26-14)18-10-6-16(7-11-18)24(32)33)4-3-5-21-15(2)27-29(23(21)31)19-12-8-17(9-13-19)25(34)35;1-11-5-7-13(8-6-11)16-12(2)17(18)20-15(16)10-14-4-3-9-19-14/h3-14,20,22,25-26,30,34-35H,1-2H3,(H,32,33);3-10H,1-2H3/b4-3+,21-5+;15-10-. The Morgan fingerprint density at radius 2 is 1.60 bits per heavy atom. The number of amides is 1. The number of cyclic esters (lactones) is 1. The van der Waals surface area contributed by atoms with Crippen molar-refractivity contribution >= 4 is 46.6 Å². The molecule has 1 aromatic heterocycles. The molecule has 0 bridgehead atoms. The lowest BCUT2D eigenvalue weighted by Gasteiger charge is -2.23. The van der Waals surface area contributed by atoms with Gasteiger partial charge in [0.25, 0.3) is 5.91 Å². The fourth-order valence-corrected chi connectivity index (χ4v) is 6.22. The van der Waals surface area contributed by atoms with E-state index in [0.29, 0.717) is 45.3 Å². The topological polar surface area (TPSA) is 185 Å². The summed E-state index contributed by atoms with van der Waals surface area (Å²) in [5.74, 6) is -0.749. The molecule has 1 fully saturated rings. The van der Waals surface area contributed by atoms with Crippen LogP contribution in [0, 0.1) is 12.8 Å². The Bertz CT molecular complexity index is 2220. The van der Waals surface area contributed by atoms with Crippen LogP contribution in [-0.4, -0.2) is 56.3 Å². The van der Waals surface area contributed by atoms with Crippen molar-refractivity contribution in [2.75, 3.05) is 10.0 Å². The molecule has 282 valence electrons. The molecule has 3 unspecified atom stereocenters. The summed E-state index contributed by atoms with van der Waals surface area (Å²) in [6.07, 6.45) is 6.00. The summed E-state index contributed by atoms with van der Waals surface area (Å²) in [6.45, 7) is 7.45. The first kappa shape index (κ1) is 38.3. The number of aliphatic hydroxyl groups is 3. The summed E-state index contributed by atoms with van der Waals surface area (Å²) in [4.78, 5) is 35.8. The second-order valence-electron chi connectivity index (χ2n) is 13.1. The van der Waals surface area contributed by atoms with Crippen molar-refractivity contribution in [1.82, 2.24) is 5.43 Å². The number of aromatic carboxylic acids is 1. The fourth-order valence-electron chi connectivity index (χ4n) is 6.22. The number of nitrogens with zero attached hydrogens (tertiary/aromatic N) is 3. The number of hydrazine groups is 1. The van der Waals surface area contributed by atoms with Gasteiger partial charge < -0.3 is 29.6 Å². The van der Waals surface area contributed by atoms with E-state index in [1.807, 2.05) is 50.3 Å². The number of aliphatic hydroxyl groups excluding tert-OH is 2. The number of rotatable bonds is 8. The summed E-state index contributed by atoms with van der Waals surface area (Å²) < 4.78 is 10.6. The first-order valence-corrected chi connectivity index (χ1v) is 17.4. The number of esters is 1. The highest BCUT2D eigenvalue weighted by atomic mass is 16.5. The van der Waals surface area contributed by atoms with Crippen molar-refractivity contribution in [3.05, 3.63) is 154 Å². The highest BCUT2D eigenvalue weighted by Crippen LogP contribution is 2.36. The van der Waals surface area contributed by atoms with E-state index < -0.39 is 18.5 Å². The van der Waals surface area contributed by atoms with Crippen LogP contribution in [0.2, 0.25) is 0 Å². The molecule has 0 spiro atoms. The number of carboxylic acid groups (broad SMARTS) is 1. The molecule has 0 saturated carbocycles. The lowest BCUT2D eigenvalue weighted by molar-refractivity contribution is -0.133. The Hall–Kier alpha value is -6.38. The van der Waals surface area contributed by atoms with Gasteiger partial charge in [0.2, 0.25) is 0 Å². The maximum absolute atomic E-state index is 12.9. The lowest BCUT2D eigenvalue weighted by atomic mass is 9.99. The van der Waals surface area contributed by atoms with E-state index in [-0.39, 0.29) is 29.4 Å². The molecule has 3 aromatic carbocycles. The Morgan fingerprint density at radius 3 is 2.22 bits per heavy atom. The number of allylic oxidation sites excluding steroid dienone is 3. The molecule has 0 aliphatic carbocycles. The Morgan fingerprint density at radius 1 is 0.927 bits per heavy atom. The third-order valence-corrected chi connectivity index (χ3v) is 9.30. The van der Waals surface area contributed by atoms with Crippen molar-refractivity contribution < 1.29 is 44.0 Å². The highest BCUT2D eigenvalue weighted by molar-refractivity contribution is 6.29. The molecule has 4 heterocycles. The van der Waals surface area contributed by atoms with E-state index >= 15 is 0 Å². The van der Waals surface area contributed by atoms with Crippen LogP contribution >= 0.6 is 0 Å². The number of carbonyl (C=O) groups excluding carboxylic acids is 2. The first-order valence-electron chi connectivity index (χ1n) is 17.4. The smallest absolute Gasteiger partial charge is 0.339 e. The summed E-state index contributed by atoms with van der Waals surface area (Å²) in [6, 6.07) is 23.9. The van der Waals surface area contributed by atoms with E-state index in [4.69, 9.17) is 14.3 Å². The predicted molar refractivity (Wildman–Crippen MR) is 206 cm³/mol. The number of ether oxygens (including phenoxy) is 1. The SMILES string of the molecule is CC1=C(c2ccc(C)cc2)/C(=C/c2ccco2)OC1=O.CC1=NN(c2ccc(C(O)O)cc2)C(=O)/C1=C/C=C/C1C(C)NN(c2ccc(C(=O)O)cc2)C1O. The van der Waals surface area contributed by atoms with E-state index in [9.17, 15) is 29.7 Å². The second-order valence-corrected chi connectivity index (χ2v) is 13.1. The van der Waals surface area contributed by atoms with E-state index in [0.717, 1.165) is 11.1 Å². The van der Waals surface area contributed by atoms with Crippen molar-refractivity contribution in [3.8, 4) is 0 Å². The summed E-state index contributed by atoms with van der Waals surface area (Å²) in [5, 5.41) is 45.5. The average Bonchev–Trinajstić information content (AvgIpc) is 3.92. The molecule has 13 heteroatoms. The van der Waals surface area contributed by atoms with E-state index in [1.165, 1.54) is 34.8 Å². The molecule has 4 aromatic rings. The minimum absolute atomic E-state index is 0.121. The normalized spacial score (nSPS) is 21.2. The molecule has 3 aliphatic heterocycles. The van der Waals surface area contributed by atoms with Gasteiger partial charge in [0.15, 0.2) is 6.29 Å². The van der Waals surface area contributed by atoms with E-state index in [1.54, 1.807) is 73.7 Å². The zero-order valence-corrected chi connectivity index (χ0v) is 30.5. The molecular formula is C42H40N4O9. The number of hydrogen-bond acceptors (Lipinski definition) is 11. The number of aryl methyl sites for hydroxylation is 1. The number of carboxylic acids is 1. The van der Waals surface area contributed by atoms with Gasteiger partial charge in [0.05, 0.1) is 34.5 Å². The second kappa shape index (κ2) is 16.3. The van der Waals surface area contributed by atoms with Gasteiger partial charge in [-0.25, -0.2) is 15.0 Å². The molecule has 55 heavy (non-hydrogen) atoms. The Labute approximate surface area is 317 Å². The third kappa shape index (κ3) is 8.40. The average molecular weight is 745 g/mol. The van der Waals surface area contributed by atoms with Crippen LogP contribution in [0.25, 0.3) is 11.6 Å². The number of anilines is 2. The number of benzene rings is 3. The molecule has 1 saturated heterocycles. The molecule has 7 rings (SSSR count). The van der Waals surface area contributed by atoms with Gasteiger partial charge in [-0.15, -0.1) is 0 Å². The monoisotopic (exact) mass is 744 g/mol. The van der Waals surface area contributed by atoms with Gasteiger partial charge in [-0.05, 0) is 87.9 Å². The minimum Gasteiger partial charge on any atom is -0.478 e. The van der Waals surface area contributed by atoms with Crippen molar-refractivity contribution in [1.29, 1.82) is 0 Å². The van der Waals surface area contributed by atoms with Crippen LogP contribution in [-0.2, 0) is 14.3 Å². The first-order chi connectivity index (χ1) is 26.3. The maximum atomic E-state index is 12.9. The number of hydrazone groups is 1. The molecule has 5 N–H and O–H groups in total. The Balaban J connectivity index is 0.000000217. The summed E-state index contributed by atoms with van der Waals surface area (Å²) in [5.41, 5.74) is 9.31. The van der Waals surface area contributed by atoms with Crippen LogP contribution in [0.3, 0.4) is 0 Å². The largest absolute Gasteiger partial charge is 0.478 e. The molecule has 1 amide bonds. The zero-order valence-electron chi connectivity index (χ0n) is 30.5. The van der Waals surface area contributed by atoms with Gasteiger partial charge >= 0.3 is 11.9 Å². The van der Waals surface area contributed by atoms with Crippen LogP contribution in [0.4, 0.5) is 11.4 Å². The van der Waals surface area contributed by atoms with Crippen LogP contribution < -0.4 is 15.4 Å². The van der Waals surface area contributed by atoms with Crippen LogP contribution in [0.1, 0.15) is 59.9 Å². The number of furan rings is 1. The Kier molecular flexibility index (Phi) is 11.4. The number of nitrogens with one attached hydrogen (secondary N) is 1. The third-order valence-electron chi connectivity index (χ3n) is 9.30.